The molecule has 122 valence electrons. The fourth-order valence-electron chi connectivity index (χ4n) is 2.81. The van der Waals surface area contributed by atoms with Crippen molar-refractivity contribution in [2.24, 2.45) is 17.8 Å². The number of aliphatic hydroxyl groups excluding tert-OH is 1. The maximum atomic E-state index is 9.69. The maximum Gasteiger partial charge on any atom is 0.0638 e. The topological polar surface area (TPSA) is 50.1 Å². The molecule has 0 aromatic carbocycles. The number of aryl methyl sites for hydroxylation is 1. The molecule has 2 N–H and O–H groups in total. The van der Waals surface area contributed by atoms with Crippen molar-refractivity contribution in [3.63, 3.8) is 0 Å². The van der Waals surface area contributed by atoms with E-state index >= 15 is 0 Å². The first-order valence-corrected chi connectivity index (χ1v) is 8.16. The number of rotatable bonds is 8. The summed E-state index contributed by atoms with van der Waals surface area (Å²) in [5, 5.41) is 17.9. The van der Waals surface area contributed by atoms with E-state index in [1.54, 1.807) is 0 Å². The molecular weight excluding hydrogens is 262 g/mol. The second-order valence-electron chi connectivity index (χ2n) is 7.05. The van der Waals surface area contributed by atoms with Gasteiger partial charge in [-0.25, -0.2) is 0 Å². The van der Waals surface area contributed by atoms with Gasteiger partial charge in [0.25, 0.3) is 0 Å². The van der Waals surface area contributed by atoms with Crippen LogP contribution in [0.1, 0.15) is 58.8 Å². The molecule has 2 unspecified atom stereocenters. The van der Waals surface area contributed by atoms with E-state index < -0.39 is 0 Å². The van der Waals surface area contributed by atoms with Crippen LogP contribution in [-0.2, 0) is 6.54 Å². The van der Waals surface area contributed by atoms with Crippen molar-refractivity contribution in [3.8, 4) is 0 Å². The van der Waals surface area contributed by atoms with Crippen molar-refractivity contribution < 1.29 is 5.11 Å². The third-order valence-corrected chi connectivity index (χ3v) is 4.32. The van der Waals surface area contributed by atoms with E-state index in [4.69, 9.17) is 0 Å². The summed E-state index contributed by atoms with van der Waals surface area (Å²) in [6.07, 6.45) is 2.13. The lowest BCUT2D eigenvalue weighted by molar-refractivity contribution is 0.128. The lowest BCUT2D eigenvalue weighted by atomic mass is 9.83. The molecule has 1 aromatic heterocycles. The quantitative estimate of drug-likeness (QED) is 0.774. The lowest BCUT2D eigenvalue weighted by Gasteiger charge is -2.32. The number of nitrogens with zero attached hydrogens (tertiary/aromatic N) is 2. The number of nitrogens with one attached hydrogen (secondary N) is 1. The summed E-state index contributed by atoms with van der Waals surface area (Å²) >= 11 is 0. The van der Waals surface area contributed by atoms with Gasteiger partial charge in [-0.2, -0.15) is 5.10 Å². The van der Waals surface area contributed by atoms with E-state index in [0.29, 0.717) is 23.9 Å². The molecule has 0 radical (unpaired) electrons. The van der Waals surface area contributed by atoms with Gasteiger partial charge < -0.3 is 10.4 Å². The van der Waals surface area contributed by atoms with Crippen molar-refractivity contribution in [1.29, 1.82) is 0 Å². The Bertz CT molecular complexity index is 424. The Labute approximate surface area is 129 Å². The third-order valence-electron chi connectivity index (χ3n) is 4.32. The van der Waals surface area contributed by atoms with Gasteiger partial charge in [0, 0.05) is 37.0 Å². The molecule has 0 aliphatic rings. The highest BCUT2D eigenvalue weighted by Gasteiger charge is 2.26. The normalized spacial score (nSPS) is 15.2. The zero-order chi connectivity index (χ0) is 16.2. The van der Waals surface area contributed by atoms with Crippen molar-refractivity contribution >= 4 is 0 Å². The van der Waals surface area contributed by atoms with Gasteiger partial charge in [0.1, 0.15) is 0 Å². The monoisotopic (exact) mass is 295 g/mol. The van der Waals surface area contributed by atoms with Gasteiger partial charge in [0.2, 0.25) is 0 Å². The number of hydrogen-bond acceptors (Lipinski definition) is 3. The van der Waals surface area contributed by atoms with Gasteiger partial charge >= 0.3 is 0 Å². The Morgan fingerprint density at radius 1 is 1.14 bits per heavy atom. The fraction of sp³-hybridized carbons (Fsp3) is 0.824. The van der Waals surface area contributed by atoms with Crippen LogP contribution in [0.2, 0.25) is 0 Å². The van der Waals surface area contributed by atoms with Crippen LogP contribution in [0.3, 0.4) is 0 Å². The summed E-state index contributed by atoms with van der Waals surface area (Å²) in [4.78, 5) is 0. The minimum Gasteiger partial charge on any atom is -0.396 e. The molecule has 2 atom stereocenters. The summed E-state index contributed by atoms with van der Waals surface area (Å²) in [5.74, 6) is 1.24. The van der Waals surface area contributed by atoms with Crippen molar-refractivity contribution in [2.45, 2.75) is 67.1 Å². The Kier molecular flexibility index (Phi) is 6.88. The van der Waals surface area contributed by atoms with E-state index in [2.05, 4.69) is 65.1 Å². The van der Waals surface area contributed by atoms with Crippen LogP contribution in [0.15, 0.2) is 6.20 Å². The van der Waals surface area contributed by atoms with Crippen LogP contribution in [0.5, 0.6) is 0 Å². The van der Waals surface area contributed by atoms with E-state index in [1.807, 2.05) is 4.68 Å². The molecule has 0 fully saturated rings. The molecular formula is C17H33N3O. The molecule has 4 nitrogen and oxygen atoms in total. The molecule has 21 heavy (non-hydrogen) atoms. The summed E-state index contributed by atoms with van der Waals surface area (Å²) in [5.41, 5.74) is 2.33. The van der Waals surface area contributed by atoms with Crippen LogP contribution in [0.4, 0.5) is 0 Å². The van der Waals surface area contributed by atoms with Crippen molar-refractivity contribution in [3.05, 3.63) is 17.5 Å². The van der Waals surface area contributed by atoms with E-state index in [-0.39, 0.29) is 12.5 Å². The predicted octanol–water partition coefficient (Wildman–Crippen LogP) is 3.15. The Morgan fingerprint density at radius 2 is 1.76 bits per heavy atom. The van der Waals surface area contributed by atoms with E-state index in [9.17, 15) is 5.11 Å². The summed E-state index contributed by atoms with van der Waals surface area (Å²) in [7, 11) is 0. The highest BCUT2D eigenvalue weighted by molar-refractivity contribution is 5.15. The van der Waals surface area contributed by atoms with E-state index in [1.165, 1.54) is 5.56 Å². The first kappa shape index (κ1) is 18.2. The highest BCUT2D eigenvalue weighted by Crippen LogP contribution is 2.21. The largest absolute Gasteiger partial charge is 0.396 e. The average Bonchev–Trinajstić information content (AvgIpc) is 2.75. The number of aromatic nitrogens is 2. The second-order valence-corrected chi connectivity index (χ2v) is 7.05. The molecule has 1 heterocycles. The van der Waals surface area contributed by atoms with Crippen LogP contribution in [-0.4, -0.2) is 27.5 Å². The van der Waals surface area contributed by atoms with E-state index in [0.717, 1.165) is 12.2 Å². The van der Waals surface area contributed by atoms with Crippen LogP contribution < -0.4 is 5.32 Å². The molecule has 0 aliphatic heterocycles. The summed E-state index contributed by atoms with van der Waals surface area (Å²) in [6.45, 7) is 16.2. The smallest absolute Gasteiger partial charge is 0.0638 e. The second kappa shape index (κ2) is 7.95. The van der Waals surface area contributed by atoms with Gasteiger partial charge in [-0.05, 0) is 38.5 Å². The van der Waals surface area contributed by atoms with Crippen LogP contribution in [0, 0.1) is 24.7 Å². The molecule has 0 amide bonds. The Morgan fingerprint density at radius 3 is 2.14 bits per heavy atom. The molecule has 0 saturated carbocycles. The van der Waals surface area contributed by atoms with Gasteiger partial charge in [0.15, 0.2) is 0 Å². The van der Waals surface area contributed by atoms with Gasteiger partial charge in [-0.3, -0.25) is 4.68 Å². The van der Waals surface area contributed by atoms with Gasteiger partial charge in [0.05, 0.1) is 5.69 Å². The third kappa shape index (κ3) is 4.82. The lowest BCUT2D eigenvalue weighted by Crippen LogP contribution is -2.43. The molecule has 0 spiro atoms. The minimum absolute atomic E-state index is 0.234. The molecule has 1 rings (SSSR count). The first-order chi connectivity index (χ1) is 9.77. The number of hydrogen-bond donors (Lipinski definition) is 2. The fourth-order valence-corrected chi connectivity index (χ4v) is 2.81. The summed E-state index contributed by atoms with van der Waals surface area (Å²) in [6, 6.07) is 0.705. The van der Waals surface area contributed by atoms with Crippen molar-refractivity contribution in [1.82, 2.24) is 15.1 Å². The molecule has 0 bridgehead atoms. The molecule has 4 heteroatoms. The Balaban J connectivity index is 2.78. The predicted molar refractivity (Wildman–Crippen MR) is 88.2 cm³/mol. The van der Waals surface area contributed by atoms with Gasteiger partial charge in [-0.1, -0.05) is 27.7 Å². The molecule has 1 aromatic rings. The minimum atomic E-state index is 0.234. The first-order valence-electron chi connectivity index (χ1n) is 8.16. The highest BCUT2D eigenvalue weighted by atomic mass is 16.3. The molecule has 0 saturated heterocycles. The zero-order valence-electron chi connectivity index (χ0n) is 14.7. The Hall–Kier alpha value is -0.870. The maximum absolute atomic E-state index is 9.69. The van der Waals surface area contributed by atoms with Crippen LogP contribution >= 0.6 is 0 Å². The standard InChI is InChI=1S/C17H33N3O/c1-11(2)16(10-21)17(12(3)4)18-8-15-9-20(13(5)6)19-14(15)7/h9,11-13,16-18,21H,8,10H2,1-7H3. The average molecular weight is 295 g/mol. The van der Waals surface area contributed by atoms with Crippen molar-refractivity contribution in [2.75, 3.05) is 6.61 Å². The summed E-state index contributed by atoms with van der Waals surface area (Å²) < 4.78 is 2.02. The SMILES string of the molecule is Cc1nn(C(C)C)cc1CNC(C(C)C)C(CO)C(C)C. The molecule has 0 aliphatic carbocycles. The number of aliphatic hydroxyl groups is 1. The van der Waals surface area contributed by atoms with Gasteiger partial charge in [-0.15, -0.1) is 0 Å². The zero-order valence-corrected chi connectivity index (χ0v) is 14.7. The van der Waals surface area contributed by atoms with Crippen LogP contribution in [0.25, 0.3) is 0 Å².